The van der Waals surface area contributed by atoms with Crippen LogP contribution in [0.1, 0.15) is 258 Å². The maximum atomic E-state index is 12.9. The molecule has 0 rings (SSSR count). The first kappa shape index (κ1) is 64.3. The Morgan fingerprint density at radius 1 is 0.309 bits per heavy atom. The number of rotatable bonds is 50. The molecule has 0 saturated carbocycles. The van der Waals surface area contributed by atoms with Crippen LogP contribution in [0, 0.1) is 0 Å². The topological polar surface area (TPSA) is 78.9 Å². The van der Waals surface area contributed by atoms with Gasteiger partial charge in [0.15, 0.2) is 6.10 Å². The van der Waals surface area contributed by atoms with Crippen LogP contribution in [0.5, 0.6) is 0 Å². The quantitative estimate of drug-likeness (QED) is 0.0262. The minimum atomic E-state index is -0.805. The predicted molar refractivity (Wildman–Crippen MR) is 293 cm³/mol. The number of hydrogen-bond donors (Lipinski definition) is 0. The summed E-state index contributed by atoms with van der Waals surface area (Å²) in [6.45, 7) is 6.37. The van der Waals surface area contributed by atoms with E-state index in [9.17, 15) is 14.4 Å². The van der Waals surface area contributed by atoms with Gasteiger partial charge in [-0.05, 0) is 89.9 Å². The molecule has 388 valence electrons. The molecule has 0 aliphatic rings. The number of unbranched alkanes of at least 4 members (excludes halogenated alkanes) is 23. The van der Waals surface area contributed by atoms with Crippen LogP contribution in [0.3, 0.4) is 0 Å². The second-order valence-electron chi connectivity index (χ2n) is 18.4. The van der Waals surface area contributed by atoms with Gasteiger partial charge in [-0.3, -0.25) is 14.4 Å². The monoisotopic (exact) mass is 945 g/mol. The first-order valence-electron chi connectivity index (χ1n) is 28.2. The normalized spacial score (nSPS) is 12.8. The molecule has 0 aromatic heterocycles. The molecule has 0 aromatic carbocycles. The second-order valence-corrected chi connectivity index (χ2v) is 18.4. The fourth-order valence-electron chi connectivity index (χ4n) is 7.67. The summed E-state index contributed by atoms with van der Waals surface area (Å²) in [5.41, 5.74) is 0. The van der Waals surface area contributed by atoms with E-state index in [2.05, 4.69) is 118 Å². The molecule has 0 aliphatic heterocycles. The molecule has 1 atom stereocenters. The third-order valence-electron chi connectivity index (χ3n) is 11.8. The molecule has 0 aromatic rings. The lowest BCUT2D eigenvalue weighted by Gasteiger charge is -2.18. The number of allylic oxidation sites excluding steroid dienone is 16. The SMILES string of the molecule is CC/C=C\C/C=C\C/C=C\C/C=C\C/C=C\CCCC(=O)OCC(COC(=O)CCCCCCCC/C=C\C/C=C\C/C=C\CC)OC(=O)CCCCCCCCCCCCCCCCCCC. The van der Waals surface area contributed by atoms with Crippen LogP contribution in [-0.4, -0.2) is 37.2 Å². The van der Waals surface area contributed by atoms with E-state index in [0.29, 0.717) is 19.3 Å². The number of esters is 3. The average molecular weight is 946 g/mol. The van der Waals surface area contributed by atoms with Crippen LogP contribution in [0.25, 0.3) is 0 Å². The first-order valence-corrected chi connectivity index (χ1v) is 28.2. The molecular formula is C62H104O6. The molecule has 0 aliphatic carbocycles. The summed E-state index contributed by atoms with van der Waals surface area (Å²) in [5, 5.41) is 0. The van der Waals surface area contributed by atoms with E-state index < -0.39 is 6.10 Å². The Labute approximate surface area is 419 Å². The first-order chi connectivity index (χ1) is 33.5. The van der Waals surface area contributed by atoms with Crippen molar-refractivity contribution in [2.45, 2.75) is 264 Å². The Morgan fingerprint density at radius 2 is 0.588 bits per heavy atom. The smallest absolute Gasteiger partial charge is 0.306 e. The van der Waals surface area contributed by atoms with E-state index >= 15 is 0 Å². The maximum Gasteiger partial charge on any atom is 0.306 e. The number of ether oxygens (including phenoxy) is 3. The van der Waals surface area contributed by atoms with E-state index in [1.54, 1.807) is 0 Å². The molecule has 0 saturated heterocycles. The summed E-state index contributed by atoms with van der Waals surface area (Å²) >= 11 is 0. The molecule has 0 radical (unpaired) electrons. The molecule has 0 spiro atoms. The van der Waals surface area contributed by atoms with Crippen molar-refractivity contribution in [1.29, 1.82) is 0 Å². The Balaban J connectivity index is 4.48. The third-order valence-corrected chi connectivity index (χ3v) is 11.8. The second kappa shape index (κ2) is 55.9. The van der Waals surface area contributed by atoms with Crippen LogP contribution >= 0.6 is 0 Å². The van der Waals surface area contributed by atoms with Crippen molar-refractivity contribution in [2.24, 2.45) is 0 Å². The van der Waals surface area contributed by atoms with Gasteiger partial charge in [0.1, 0.15) is 13.2 Å². The largest absolute Gasteiger partial charge is 0.462 e. The van der Waals surface area contributed by atoms with E-state index in [1.165, 1.54) is 103 Å². The molecule has 68 heavy (non-hydrogen) atoms. The van der Waals surface area contributed by atoms with Crippen LogP contribution < -0.4 is 0 Å². The highest BCUT2D eigenvalue weighted by Gasteiger charge is 2.19. The summed E-state index contributed by atoms with van der Waals surface area (Å²) in [5.74, 6) is -0.968. The van der Waals surface area contributed by atoms with E-state index in [-0.39, 0.29) is 37.5 Å². The van der Waals surface area contributed by atoms with Gasteiger partial charge in [-0.2, -0.15) is 0 Å². The zero-order chi connectivity index (χ0) is 49.3. The van der Waals surface area contributed by atoms with Crippen LogP contribution in [0.15, 0.2) is 97.2 Å². The number of hydrogen-bond acceptors (Lipinski definition) is 6. The van der Waals surface area contributed by atoms with Crippen molar-refractivity contribution in [2.75, 3.05) is 13.2 Å². The highest BCUT2D eigenvalue weighted by molar-refractivity contribution is 5.71. The summed E-state index contributed by atoms with van der Waals surface area (Å²) in [6.07, 6.45) is 74.0. The van der Waals surface area contributed by atoms with Crippen LogP contribution in [0.4, 0.5) is 0 Å². The van der Waals surface area contributed by atoms with Gasteiger partial charge in [0, 0.05) is 19.3 Å². The Bertz CT molecular complexity index is 1360. The molecule has 0 amide bonds. The number of carbonyl (C=O) groups excluding carboxylic acids is 3. The van der Waals surface area contributed by atoms with Crippen LogP contribution in [-0.2, 0) is 28.6 Å². The van der Waals surface area contributed by atoms with Crippen molar-refractivity contribution < 1.29 is 28.6 Å². The maximum absolute atomic E-state index is 12.9. The van der Waals surface area contributed by atoms with Gasteiger partial charge in [-0.1, -0.05) is 246 Å². The molecule has 0 heterocycles. The molecule has 0 fully saturated rings. The van der Waals surface area contributed by atoms with Gasteiger partial charge in [0.25, 0.3) is 0 Å². The van der Waals surface area contributed by atoms with Gasteiger partial charge in [-0.25, -0.2) is 0 Å². The Hall–Kier alpha value is -3.67. The van der Waals surface area contributed by atoms with Crippen molar-refractivity contribution >= 4 is 17.9 Å². The minimum Gasteiger partial charge on any atom is -0.462 e. The van der Waals surface area contributed by atoms with Gasteiger partial charge in [0.05, 0.1) is 0 Å². The fraction of sp³-hybridized carbons (Fsp3) is 0.694. The highest BCUT2D eigenvalue weighted by Crippen LogP contribution is 2.16. The molecule has 6 heteroatoms. The Morgan fingerprint density at radius 3 is 0.956 bits per heavy atom. The molecular weight excluding hydrogens is 841 g/mol. The zero-order valence-electron chi connectivity index (χ0n) is 44.3. The van der Waals surface area contributed by atoms with Crippen LogP contribution in [0.2, 0.25) is 0 Å². The van der Waals surface area contributed by atoms with Crippen molar-refractivity contribution in [3.05, 3.63) is 97.2 Å². The van der Waals surface area contributed by atoms with Gasteiger partial charge in [-0.15, -0.1) is 0 Å². The summed E-state index contributed by atoms with van der Waals surface area (Å²) in [6, 6.07) is 0. The van der Waals surface area contributed by atoms with E-state index in [1.807, 2.05) is 0 Å². The van der Waals surface area contributed by atoms with Crippen molar-refractivity contribution in [3.8, 4) is 0 Å². The summed E-state index contributed by atoms with van der Waals surface area (Å²) in [7, 11) is 0. The van der Waals surface area contributed by atoms with Gasteiger partial charge >= 0.3 is 17.9 Å². The molecule has 0 N–H and O–H groups in total. The average Bonchev–Trinajstić information content (AvgIpc) is 3.34. The summed E-state index contributed by atoms with van der Waals surface area (Å²) in [4.78, 5) is 38.1. The molecule has 0 bridgehead atoms. The van der Waals surface area contributed by atoms with E-state index in [0.717, 1.165) is 109 Å². The highest BCUT2D eigenvalue weighted by atomic mass is 16.6. The van der Waals surface area contributed by atoms with E-state index in [4.69, 9.17) is 14.2 Å². The Kier molecular flexibility index (Phi) is 52.9. The minimum absolute atomic E-state index is 0.101. The summed E-state index contributed by atoms with van der Waals surface area (Å²) < 4.78 is 16.8. The lowest BCUT2D eigenvalue weighted by molar-refractivity contribution is -0.167. The van der Waals surface area contributed by atoms with Crippen molar-refractivity contribution in [3.63, 3.8) is 0 Å². The van der Waals surface area contributed by atoms with Gasteiger partial charge in [0.2, 0.25) is 0 Å². The standard InChI is InChI=1S/C62H104O6/c1-4-7-10-13-16-19-22-25-28-31-34-37-40-43-46-49-52-55-61(64)67-58-59(57-66-60(63)54-51-48-45-42-39-36-33-30-27-24-21-18-15-12-9-6-3)68-62(65)56-53-50-47-44-41-38-35-32-29-26-23-20-17-14-11-8-5-2/h7,9-10,12,16,18-19,21,25,27-28,30,34,37,43,46,59H,4-6,8,11,13-15,17,20,22-24,26,29,31-33,35-36,38-42,44-45,47-58H2,1-3H3/b10-7-,12-9-,19-16-,21-18-,28-25-,30-27-,37-34-,46-43-. The predicted octanol–water partition coefficient (Wildman–Crippen LogP) is 18.9. The lowest BCUT2D eigenvalue weighted by atomic mass is 10.0. The lowest BCUT2D eigenvalue weighted by Crippen LogP contribution is -2.30. The number of carbonyl (C=O) groups is 3. The van der Waals surface area contributed by atoms with Gasteiger partial charge < -0.3 is 14.2 Å². The molecule has 1 unspecified atom stereocenters. The molecule has 6 nitrogen and oxygen atoms in total. The third kappa shape index (κ3) is 53.3. The fourth-order valence-corrected chi connectivity index (χ4v) is 7.67. The zero-order valence-corrected chi connectivity index (χ0v) is 44.3. The van der Waals surface area contributed by atoms with Crippen molar-refractivity contribution in [1.82, 2.24) is 0 Å².